The van der Waals surface area contributed by atoms with Crippen molar-refractivity contribution in [3.8, 4) is 5.69 Å². The standard InChI is InChI=1S/C34H37ClF3N5O4/c1-32(2)19-39-27(18-47-32)23-8-10-24(11-9-23)43-28(35)16-25-30(43)40-21-42(31(25)45)20-33(46)12-14-41(15-13-33)29(44)17-26(34(36,37)38)22-6-4-3-5-7-22/h3-11,16,21,26-27,39,46H,12-15,17-20H2,1-2H3. The number of likely N-dealkylation sites (tertiary alicyclic amines) is 1. The maximum Gasteiger partial charge on any atom is 0.396 e. The minimum absolute atomic E-state index is 0.0335. The molecule has 4 aromatic rings. The van der Waals surface area contributed by atoms with Gasteiger partial charge >= 0.3 is 6.18 Å². The molecule has 2 aliphatic heterocycles. The third kappa shape index (κ3) is 7.11. The fourth-order valence-corrected chi connectivity index (χ4v) is 6.65. The van der Waals surface area contributed by atoms with E-state index in [2.05, 4.69) is 10.3 Å². The van der Waals surface area contributed by atoms with Crippen molar-refractivity contribution >= 4 is 28.5 Å². The van der Waals surface area contributed by atoms with Gasteiger partial charge in [0.1, 0.15) is 11.5 Å². The zero-order chi connectivity index (χ0) is 33.6. The molecular weight excluding hydrogens is 635 g/mol. The lowest BCUT2D eigenvalue weighted by Gasteiger charge is -2.39. The van der Waals surface area contributed by atoms with Crippen LogP contribution < -0.4 is 10.9 Å². The first kappa shape index (κ1) is 33.2. The lowest BCUT2D eigenvalue weighted by Crippen LogP contribution is -2.50. The number of morpholine rings is 1. The number of ether oxygens (including phenoxy) is 1. The van der Waals surface area contributed by atoms with E-state index in [4.69, 9.17) is 16.3 Å². The number of hydrogen-bond donors (Lipinski definition) is 2. The molecule has 6 rings (SSSR count). The minimum atomic E-state index is -4.58. The largest absolute Gasteiger partial charge is 0.396 e. The predicted molar refractivity (Wildman–Crippen MR) is 172 cm³/mol. The average molecular weight is 672 g/mol. The molecule has 2 N–H and O–H groups in total. The van der Waals surface area contributed by atoms with Gasteiger partial charge in [-0.15, -0.1) is 0 Å². The number of benzene rings is 2. The molecule has 0 spiro atoms. The van der Waals surface area contributed by atoms with Gasteiger partial charge < -0.3 is 20.1 Å². The molecule has 47 heavy (non-hydrogen) atoms. The van der Waals surface area contributed by atoms with E-state index in [1.807, 2.05) is 38.1 Å². The number of carbonyl (C=O) groups excluding carboxylic acids is 1. The summed E-state index contributed by atoms with van der Waals surface area (Å²) in [4.78, 5) is 32.3. The van der Waals surface area contributed by atoms with Crippen LogP contribution in [0, 0.1) is 0 Å². The topological polar surface area (TPSA) is 102 Å². The molecule has 250 valence electrons. The molecule has 9 nitrogen and oxygen atoms in total. The van der Waals surface area contributed by atoms with E-state index in [9.17, 15) is 27.9 Å². The van der Waals surface area contributed by atoms with E-state index in [-0.39, 0.29) is 60.6 Å². The van der Waals surface area contributed by atoms with Crippen LogP contribution in [0.4, 0.5) is 13.2 Å². The van der Waals surface area contributed by atoms with Crippen LogP contribution in [-0.4, -0.2) is 73.7 Å². The van der Waals surface area contributed by atoms with Crippen LogP contribution >= 0.6 is 11.6 Å². The second-order valence-electron chi connectivity index (χ2n) is 13.1. The van der Waals surface area contributed by atoms with Crippen LogP contribution in [0.3, 0.4) is 0 Å². The van der Waals surface area contributed by atoms with Gasteiger partial charge in [-0.25, -0.2) is 4.98 Å². The lowest BCUT2D eigenvalue weighted by molar-refractivity contribution is -0.162. The summed E-state index contributed by atoms with van der Waals surface area (Å²) in [5.41, 5.74) is 0.232. The van der Waals surface area contributed by atoms with Gasteiger partial charge in [0.05, 0.1) is 41.7 Å². The number of hydrogen-bond acceptors (Lipinski definition) is 6. The molecule has 0 saturated carbocycles. The molecule has 2 fully saturated rings. The molecule has 2 saturated heterocycles. The number of rotatable bonds is 7. The molecule has 2 atom stereocenters. The Morgan fingerprint density at radius 3 is 2.43 bits per heavy atom. The first-order valence-electron chi connectivity index (χ1n) is 15.6. The zero-order valence-electron chi connectivity index (χ0n) is 26.1. The van der Waals surface area contributed by atoms with Crippen LogP contribution in [0.15, 0.2) is 71.8 Å². The summed E-state index contributed by atoms with van der Waals surface area (Å²) < 4.78 is 50.4. The monoisotopic (exact) mass is 671 g/mol. The maximum absolute atomic E-state index is 13.8. The molecule has 13 heteroatoms. The Kier molecular flexibility index (Phi) is 8.98. The van der Waals surface area contributed by atoms with Gasteiger partial charge in [-0.1, -0.05) is 54.1 Å². The third-order valence-corrected chi connectivity index (χ3v) is 9.47. The van der Waals surface area contributed by atoms with Gasteiger partial charge in [0.15, 0.2) is 5.65 Å². The van der Waals surface area contributed by atoms with Crippen LogP contribution in [0.5, 0.6) is 0 Å². The Hall–Kier alpha value is -3.71. The van der Waals surface area contributed by atoms with Crippen molar-refractivity contribution in [2.24, 2.45) is 0 Å². The number of aliphatic hydroxyl groups is 1. The first-order valence-corrected chi connectivity index (χ1v) is 16.0. The van der Waals surface area contributed by atoms with Crippen molar-refractivity contribution in [1.29, 1.82) is 0 Å². The summed E-state index contributed by atoms with van der Waals surface area (Å²) in [6.45, 7) is 5.41. The molecule has 0 aliphatic carbocycles. The molecule has 2 unspecified atom stereocenters. The average Bonchev–Trinajstić information content (AvgIpc) is 3.38. The Labute approximate surface area is 274 Å². The smallest absolute Gasteiger partial charge is 0.388 e. The first-order chi connectivity index (χ1) is 22.2. The van der Waals surface area contributed by atoms with Crippen molar-refractivity contribution in [2.45, 2.75) is 69.0 Å². The molecule has 1 amide bonds. The van der Waals surface area contributed by atoms with Crippen molar-refractivity contribution in [2.75, 3.05) is 26.2 Å². The molecule has 0 radical (unpaired) electrons. The van der Waals surface area contributed by atoms with E-state index < -0.39 is 30.0 Å². The van der Waals surface area contributed by atoms with Crippen LogP contribution in [-0.2, 0) is 16.1 Å². The van der Waals surface area contributed by atoms with E-state index in [1.54, 1.807) is 16.7 Å². The number of amides is 1. The molecular formula is C34H37ClF3N5O4. The van der Waals surface area contributed by atoms with Gasteiger partial charge in [-0.2, -0.15) is 13.2 Å². The Morgan fingerprint density at radius 1 is 1.13 bits per heavy atom. The second kappa shape index (κ2) is 12.7. The fraction of sp³-hybridized carbons (Fsp3) is 0.441. The van der Waals surface area contributed by atoms with E-state index in [1.165, 1.54) is 40.1 Å². The van der Waals surface area contributed by atoms with Crippen LogP contribution in [0.1, 0.15) is 56.2 Å². The zero-order valence-corrected chi connectivity index (χ0v) is 26.9. The Balaban J connectivity index is 1.13. The van der Waals surface area contributed by atoms with E-state index in [0.717, 1.165) is 17.8 Å². The van der Waals surface area contributed by atoms with Gasteiger partial charge in [-0.3, -0.25) is 18.7 Å². The number of fused-ring (bicyclic) bond motifs is 1. The van der Waals surface area contributed by atoms with Gasteiger partial charge in [0.2, 0.25) is 5.91 Å². The normalized spacial score (nSPS) is 20.3. The van der Waals surface area contributed by atoms with Crippen molar-refractivity contribution in [3.05, 3.63) is 93.6 Å². The van der Waals surface area contributed by atoms with Crippen LogP contribution in [0.25, 0.3) is 16.7 Å². The molecule has 2 aromatic heterocycles. The summed E-state index contributed by atoms with van der Waals surface area (Å²) in [6.07, 6.45) is -3.74. The van der Waals surface area contributed by atoms with Gasteiger partial charge in [-0.05, 0) is 56.0 Å². The van der Waals surface area contributed by atoms with Gasteiger partial charge in [0, 0.05) is 31.7 Å². The number of alkyl halides is 3. The number of carbonyl (C=O) groups is 1. The summed E-state index contributed by atoms with van der Waals surface area (Å²) in [7, 11) is 0. The summed E-state index contributed by atoms with van der Waals surface area (Å²) in [6, 6.07) is 16.8. The highest BCUT2D eigenvalue weighted by molar-refractivity contribution is 6.31. The van der Waals surface area contributed by atoms with Crippen molar-refractivity contribution < 1.29 is 27.8 Å². The number of aromatic nitrogens is 3. The van der Waals surface area contributed by atoms with Crippen LogP contribution in [0.2, 0.25) is 5.15 Å². The number of nitrogens with zero attached hydrogens (tertiary/aromatic N) is 4. The lowest BCUT2D eigenvalue weighted by atomic mass is 9.89. The highest BCUT2D eigenvalue weighted by Gasteiger charge is 2.43. The highest BCUT2D eigenvalue weighted by atomic mass is 35.5. The van der Waals surface area contributed by atoms with Crippen molar-refractivity contribution in [3.63, 3.8) is 0 Å². The van der Waals surface area contributed by atoms with Gasteiger partial charge in [0.25, 0.3) is 5.56 Å². The summed E-state index contributed by atoms with van der Waals surface area (Å²) >= 11 is 6.60. The second-order valence-corrected chi connectivity index (χ2v) is 13.5. The predicted octanol–water partition coefficient (Wildman–Crippen LogP) is 5.37. The molecule has 2 aliphatic rings. The fourth-order valence-electron chi connectivity index (χ4n) is 6.36. The Bertz CT molecular complexity index is 1790. The molecule has 0 bridgehead atoms. The minimum Gasteiger partial charge on any atom is -0.388 e. The maximum atomic E-state index is 13.8. The van der Waals surface area contributed by atoms with E-state index >= 15 is 0 Å². The Morgan fingerprint density at radius 2 is 1.81 bits per heavy atom. The quantitative estimate of drug-likeness (QED) is 0.274. The summed E-state index contributed by atoms with van der Waals surface area (Å²) in [5.74, 6) is -2.55. The molecule has 4 heterocycles. The third-order valence-electron chi connectivity index (χ3n) is 9.20. The highest BCUT2D eigenvalue weighted by Crippen LogP contribution is 2.38. The number of piperidine rings is 1. The summed E-state index contributed by atoms with van der Waals surface area (Å²) in [5, 5.41) is 15.4. The van der Waals surface area contributed by atoms with Crippen molar-refractivity contribution in [1.82, 2.24) is 24.3 Å². The van der Waals surface area contributed by atoms with E-state index in [0.29, 0.717) is 17.4 Å². The SMILES string of the molecule is CC1(C)CNC(c2ccc(-n3c(Cl)cc4c(=O)n(CC5(O)CCN(C(=O)CC(c6ccccc6)C(F)(F)F)CC5)cnc43)cc2)CO1. The number of halogens is 4. The molecule has 2 aromatic carbocycles. The number of nitrogens with one attached hydrogen (secondary N) is 1.